The molecular weight excluding hydrogens is 160 g/mol. The lowest BCUT2D eigenvalue weighted by molar-refractivity contribution is 0.811. The van der Waals surface area contributed by atoms with Crippen molar-refractivity contribution in [1.82, 2.24) is 4.98 Å². The van der Waals surface area contributed by atoms with Gasteiger partial charge in [0.2, 0.25) is 0 Å². The van der Waals surface area contributed by atoms with Crippen LogP contribution in [0.3, 0.4) is 0 Å². The van der Waals surface area contributed by atoms with Gasteiger partial charge in [-0.3, -0.25) is 4.98 Å². The molecule has 1 aromatic heterocycles. The summed E-state index contributed by atoms with van der Waals surface area (Å²) in [7, 11) is 0. The third-order valence-electron chi connectivity index (χ3n) is 2.08. The zero-order valence-corrected chi connectivity index (χ0v) is 8.33. The molecule has 2 nitrogen and oxygen atoms in total. The first-order valence-electron chi connectivity index (χ1n) is 4.48. The zero-order chi connectivity index (χ0) is 9.84. The molecule has 0 spiro atoms. The smallest absolute Gasteiger partial charge is 0.0670 e. The number of aryl methyl sites for hydroxylation is 1. The normalized spacial score (nSPS) is 10.1. The lowest BCUT2D eigenvalue weighted by Gasteiger charge is -2.07. The molecular formula is C11H14N2. The molecule has 0 atom stereocenters. The van der Waals surface area contributed by atoms with E-state index in [-0.39, 0.29) is 0 Å². The quantitative estimate of drug-likeness (QED) is 0.691. The average molecular weight is 174 g/mol. The largest absolute Gasteiger partial charge is 0.258 e. The average Bonchev–Trinajstić information content (AvgIpc) is 2.08. The van der Waals surface area contributed by atoms with E-state index >= 15 is 0 Å². The maximum absolute atomic E-state index is 8.54. The Bertz CT molecular complexity index is 334. The molecule has 0 aliphatic carbocycles. The summed E-state index contributed by atoms with van der Waals surface area (Å²) in [6, 6.07) is 6.14. The molecule has 0 unspecified atom stereocenters. The van der Waals surface area contributed by atoms with E-state index in [0.717, 1.165) is 17.0 Å². The molecule has 0 saturated heterocycles. The van der Waals surface area contributed by atoms with E-state index in [0.29, 0.717) is 12.3 Å². The Balaban J connectivity index is 3.00. The van der Waals surface area contributed by atoms with Crippen LogP contribution >= 0.6 is 0 Å². The first-order valence-corrected chi connectivity index (χ1v) is 4.48. The number of hydrogen-bond donors (Lipinski definition) is 0. The highest BCUT2D eigenvalue weighted by molar-refractivity contribution is 5.25. The molecule has 0 fully saturated rings. The summed E-state index contributed by atoms with van der Waals surface area (Å²) in [5.74, 6) is 0.454. The fourth-order valence-electron chi connectivity index (χ4n) is 1.20. The van der Waals surface area contributed by atoms with Crippen LogP contribution in [0, 0.1) is 18.3 Å². The molecule has 0 saturated carbocycles. The van der Waals surface area contributed by atoms with E-state index in [9.17, 15) is 0 Å². The standard InChI is InChI=1S/C11H14N2/c1-8(2)11-5-4-10(6-7-12)9(3)13-11/h4-5,8H,6H2,1-3H3. The number of rotatable bonds is 2. The summed E-state index contributed by atoms with van der Waals surface area (Å²) in [4.78, 5) is 4.44. The van der Waals surface area contributed by atoms with Crippen molar-refractivity contribution in [1.29, 1.82) is 5.26 Å². The van der Waals surface area contributed by atoms with Crippen molar-refractivity contribution in [2.45, 2.75) is 33.1 Å². The summed E-state index contributed by atoms with van der Waals surface area (Å²) in [6.07, 6.45) is 0.456. The fraction of sp³-hybridized carbons (Fsp3) is 0.455. The highest BCUT2D eigenvalue weighted by Crippen LogP contribution is 2.14. The third kappa shape index (κ3) is 2.29. The molecule has 2 heteroatoms. The van der Waals surface area contributed by atoms with Crippen molar-refractivity contribution in [2.24, 2.45) is 0 Å². The predicted octanol–water partition coefficient (Wildman–Crippen LogP) is 2.58. The van der Waals surface area contributed by atoms with Crippen LogP contribution in [0.15, 0.2) is 12.1 Å². The van der Waals surface area contributed by atoms with Gasteiger partial charge >= 0.3 is 0 Å². The molecule has 0 radical (unpaired) electrons. The van der Waals surface area contributed by atoms with Gasteiger partial charge in [0.1, 0.15) is 0 Å². The van der Waals surface area contributed by atoms with E-state index < -0.39 is 0 Å². The van der Waals surface area contributed by atoms with Crippen molar-refractivity contribution in [3.8, 4) is 6.07 Å². The molecule has 68 valence electrons. The van der Waals surface area contributed by atoms with E-state index in [1.165, 1.54) is 0 Å². The van der Waals surface area contributed by atoms with Crippen LogP contribution in [-0.4, -0.2) is 4.98 Å². The van der Waals surface area contributed by atoms with Gasteiger partial charge < -0.3 is 0 Å². The molecule has 0 aliphatic rings. The summed E-state index contributed by atoms with van der Waals surface area (Å²) in [5, 5.41) is 8.54. The number of nitrogens with zero attached hydrogens (tertiary/aromatic N) is 2. The molecule has 1 rings (SSSR count). The van der Waals surface area contributed by atoms with Crippen LogP contribution in [0.1, 0.15) is 36.7 Å². The number of aromatic nitrogens is 1. The highest BCUT2D eigenvalue weighted by atomic mass is 14.7. The Morgan fingerprint density at radius 3 is 2.62 bits per heavy atom. The number of pyridine rings is 1. The minimum atomic E-state index is 0.454. The van der Waals surface area contributed by atoms with Gasteiger partial charge in [-0.1, -0.05) is 19.9 Å². The highest BCUT2D eigenvalue weighted by Gasteiger charge is 2.03. The summed E-state index contributed by atoms with van der Waals surface area (Å²) < 4.78 is 0. The van der Waals surface area contributed by atoms with Crippen LogP contribution in [0.25, 0.3) is 0 Å². The van der Waals surface area contributed by atoms with Crippen LogP contribution < -0.4 is 0 Å². The second-order valence-electron chi connectivity index (χ2n) is 3.47. The lowest BCUT2D eigenvalue weighted by atomic mass is 10.1. The van der Waals surface area contributed by atoms with Gasteiger partial charge in [-0.15, -0.1) is 0 Å². The maximum atomic E-state index is 8.54. The van der Waals surface area contributed by atoms with Gasteiger partial charge in [0.15, 0.2) is 0 Å². The second kappa shape index (κ2) is 4.04. The Morgan fingerprint density at radius 1 is 1.46 bits per heavy atom. The summed E-state index contributed by atoms with van der Waals surface area (Å²) in [5.41, 5.74) is 3.11. The Labute approximate surface area is 79.2 Å². The van der Waals surface area contributed by atoms with E-state index in [1.54, 1.807) is 0 Å². The van der Waals surface area contributed by atoms with Crippen LogP contribution in [0.4, 0.5) is 0 Å². The zero-order valence-electron chi connectivity index (χ0n) is 8.33. The monoisotopic (exact) mass is 174 g/mol. The molecule has 0 amide bonds. The van der Waals surface area contributed by atoms with Crippen molar-refractivity contribution in [2.75, 3.05) is 0 Å². The third-order valence-corrected chi connectivity index (χ3v) is 2.08. The fourth-order valence-corrected chi connectivity index (χ4v) is 1.20. The Hall–Kier alpha value is -1.36. The second-order valence-corrected chi connectivity index (χ2v) is 3.47. The molecule has 0 aromatic carbocycles. The predicted molar refractivity (Wildman–Crippen MR) is 52.4 cm³/mol. The molecule has 0 N–H and O–H groups in total. The van der Waals surface area contributed by atoms with E-state index in [4.69, 9.17) is 5.26 Å². The van der Waals surface area contributed by atoms with E-state index in [2.05, 4.69) is 24.9 Å². The SMILES string of the molecule is Cc1nc(C(C)C)ccc1CC#N. The topological polar surface area (TPSA) is 36.7 Å². The minimum Gasteiger partial charge on any atom is -0.258 e. The van der Waals surface area contributed by atoms with Crippen molar-refractivity contribution < 1.29 is 0 Å². The van der Waals surface area contributed by atoms with Crippen molar-refractivity contribution in [3.05, 3.63) is 29.1 Å². The van der Waals surface area contributed by atoms with Gasteiger partial charge in [0, 0.05) is 11.4 Å². The first kappa shape index (κ1) is 9.73. The maximum Gasteiger partial charge on any atom is 0.0670 e. The van der Waals surface area contributed by atoms with Crippen LogP contribution in [0.2, 0.25) is 0 Å². The van der Waals surface area contributed by atoms with Crippen molar-refractivity contribution >= 4 is 0 Å². The number of nitriles is 1. The van der Waals surface area contributed by atoms with Crippen LogP contribution in [-0.2, 0) is 6.42 Å². The minimum absolute atomic E-state index is 0.454. The van der Waals surface area contributed by atoms with Crippen LogP contribution in [0.5, 0.6) is 0 Å². The van der Waals surface area contributed by atoms with Gasteiger partial charge in [-0.2, -0.15) is 5.26 Å². The Morgan fingerprint density at radius 2 is 2.15 bits per heavy atom. The van der Waals surface area contributed by atoms with Gasteiger partial charge in [-0.05, 0) is 24.5 Å². The van der Waals surface area contributed by atoms with Gasteiger partial charge in [0.05, 0.1) is 12.5 Å². The molecule has 1 aromatic rings. The van der Waals surface area contributed by atoms with Crippen molar-refractivity contribution in [3.63, 3.8) is 0 Å². The Kier molecular flexibility index (Phi) is 3.02. The van der Waals surface area contributed by atoms with Gasteiger partial charge in [0.25, 0.3) is 0 Å². The molecule has 0 bridgehead atoms. The molecule has 0 aliphatic heterocycles. The molecule has 13 heavy (non-hydrogen) atoms. The summed E-state index contributed by atoms with van der Waals surface area (Å²) >= 11 is 0. The lowest BCUT2D eigenvalue weighted by Crippen LogP contribution is -1.98. The van der Waals surface area contributed by atoms with Gasteiger partial charge in [-0.25, -0.2) is 0 Å². The summed E-state index contributed by atoms with van der Waals surface area (Å²) in [6.45, 7) is 6.19. The van der Waals surface area contributed by atoms with E-state index in [1.807, 2.05) is 19.1 Å². The molecule has 1 heterocycles. The number of hydrogen-bond acceptors (Lipinski definition) is 2. The first-order chi connectivity index (χ1) is 6.15.